The minimum absolute atomic E-state index is 0. The first-order chi connectivity index (χ1) is 10.4. The minimum Gasteiger partial charge on any atom is -0.378 e. The zero-order valence-corrected chi connectivity index (χ0v) is 12.7. The number of hydrogen-bond acceptors (Lipinski definition) is 5. The smallest absolute Gasteiger partial charge is 0.129 e. The van der Waals surface area contributed by atoms with Gasteiger partial charge in [0.05, 0.1) is 18.9 Å². The molecule has 0 aliphatic carbocycles. The van der Waals surface area contributed by atoms with Gasteiger partial charge in [0.15, 0.2) is 0 Å². The maximum Gasteiger partial charge on any atom is 0.129 e. The van der Waals surface area contributed by atoms with E-state index in [1.54, 1.807) is 12.4 Å². The Balaban J connectivity index is 0.00000144. The third-order valence-electron chi connectivity index (χ3n) is 3.68. The first-order valence-electron chi connectivity index (χ1n) is 7.00. The first kappa shape index (κ1) is 14.7. The van der Waals surface area contributed by atoms with Crippen LogP contribution < -0.4 is 4.90 Å². The van der Waals surface area contributed by atoms with Gasteiger partial charge in [-0.25, -0.2) is 4.98 Å². The van der Waals surface area contributed by atoms with E-state index in [1.165, 1.54) is 0 Å². The van der Waals surface area contributed by atoms with E-state index in [4.69, 9.17) is 9.72 Å². The standard InChI is InChI=1S/C15H15N5O.ClH/c1-2-13(20-7-9-21-10-8-20)18-14-11(1)3-5-16-15(14)12-4-6-17-19-12;/h1-6H,7-10H2,(H,17,19);1H. The summed E-state index contributed by atoms with van der Waals surface area (Å²) < 4.78 is 5.40. The predicted molar refractivity (Wildman–Crippen MR) is 87.4 cm³/mol. The molecule has 0 unspecified atom stereocenters. The maximum atomic E-state index is 5.40. The number of nitrogens with one attached hydrogen (secondary N) is 1. The van der Waals surface area contributed by atoms with Gasteiger partial charge in [-0.3, -0.25) is 10.1 Å². The van der Waals surface area contributed by atoms with Crippen LogP contribution in [-0.2, 0) is 4.74 Å². The van der Waals surface area contributed by atoms with Crippen LogP contribution in [0.15, 0.2) is 36.7 Å². The molecule has 1 saturated heterocycles. The van der Waals surface area contributed by atoms with E-state index in [2.05, 4.69) is 32.2 Å². The molecular weight excluding hydrogens is 302 g/mol. The van der Waals surface area contributed by atoms with Gasteiger partial charge in [-0.2, -0.15) is 5.10 Å². The van der Waals surface area contributed by atoms with Crippen molar-refractivity contribution >= 4 is 29.1 Å². The molecule has 1 N–H and O–H groups in total. The van der Waals surface area contributed by atoms with Crippen LogP contribution in [0.3, 0.4) is 0 Å². The van der Waals surface area contributed by atoms with Gasteiger partial charge in [0.1, 0.15) is 17.0 Å². The largest absolute Gasteiger partial charge is 0.378 e. The Morgan fingerprint density at radius 3 is 2.68 bits per heavy atom. The lowest BCUT2D eigenvalue weighted by molar-refractivity contribution is 0.122. The molecule has 114 valence electrons. The summed E-state index contributed by atoms with van der Waals surface area (Å²) in [6.07, 6.45) is 3.52. The van der Waals surface area contributed by atoms with E-state index in [1.807, 2.05) is 12.1 Å². The molecule has 22 heavy (non-hydrogen) atoms. The Bertz CT molecular complexity index is 756. The quantitative estimate of drug-likeness (QED) is 0.785. The second-order valence-electron chi connectivity index (χ2n) is 4.97. The summed E-state index contributed by atoms with van der Waals surface area (Å²) in [5, 5.41) is 8.03. The van der Waals surface area contributed by atoms with E-state index in [-0.39, 0.29) is 12.4 Å². The average Bonchev–Trinajstić information content (AvgIpc) is 3.09. The van der Waals surface area contributed by atoms with Gasteiger partial charge in [-0.15, -0.1) is 12.4 Å². The normalized spacial score (nSPS) is 14.8. The molecule has 0 amide bonds. The number of hydrogen-bond donors (Lipinski definition) is 1. The highest BCUT2D eigenvalue weighted by Crippen LogP contribution is 2.26. The fourth-order valence-electron chi connectivity index (χ4n) is 2.59. The van der Waals surface area contributed by atoms with Gasteiger partial charge in [0, 0.05) is 30.9 Å². The number of morpholine rings is 1. The molecule has 3 aromatic rings. The summed E-state index contributed by atoms with van der Waals surface area (Å²) in [7, 11) is 0. The van der Waals surface area contributed by atoms with E-state index < -0.39 is 0 Å². The van der Waals surface area contributed by atoms with Crippen molar-refractivity contribution in [3.05, 3.63) is 36.7 Å². The first-order valence-corrected chi connectivity index (χ1v) is 7.00. The molecule has 1 fully saturated rings. The van der Waals surface area contributed by atoms with Crippen molar-refractivity contribution < 1.29 is 4.74 Å². The molecule has 0 bridgehead atoms. The molecular formula is C15H16ClN5O. The van der Waals surface area contributed by atoms with Crippen LogP contribution >= 0.6 is 12.4 Å². The minimum atomic E-state index is 0. The van der Waals surface area contributed by atoms with Crippen LogP contribution in [0.5, 0.6) is 0 Å². The van der Waals surface area contributed by atoms with Crippen molar-refractivity contribution in [2.45, 2.75) is 0 Å². The SMILES string of the molecule is Cl.c1cc(-c2nccc3ccc(N4CCOCC4)nc23)[nH]n1. The van der Waals surface area contributed by atoms with Crippen molar-refractivity contribution in [2.24, 2.45) is 0 Å². The number of fused-ring (bicyclic) bond motifs is 1. The van der Waals surface area contributed by atoms with E-state index >= 15 is 0 Å². The molecule has 1 aliphatic rings. The molecule has 7 heteroatoms. The summed E-state index contributed by atoms with van der Waals surface area (Å²) in [5.41, 5.74) is 2.61. The fourth-order valence-corrected chi connectivity index (χ4v) is 2.59. The van der Waals surface area contributed by atoms with Crippen LogP contribution in [0.25, 0.3) is 22.3 Å². The van der Waals surface area contributed by atoms with Crippen LogP contribution in [0.1, 0.15) is 0 Å². The molecule has 3 aromatic heterocycles. The van der Waals surface area contributed by atoms with Crippen LogP contribution in [0.2, 0.25) is 0 Å². The fraction of sp³-hybridized carbons (Fsp3) is 0.267. The summed E-state index contributed by atoms with van der Waals surface area (Å²) in [6.45, 7) is 3.25. The summed E-state index contributed by atoms with van der Waals surface area (Å²) in [4.78, 5) is 11.5. The Morgan fingerprint density at radius 1 is 1.05 bits per heavy atom. The summed E-state index contributed by atoms with van der Waals surface area (Å²) in [5.74, 6) is 0.972. The number of aromatic nitrogens is 4. The number of pyridine rings is 2. The Morgan fingerprint density at radius 2 is 1.91 bits per heavy atom. The van der Waals surface area contributed by atoms with E-state index in [0.29, 0.717) is 0 Å². The monoisotopic (exact) mass is 317 g/mol. The third-order valence-corrected chi connectivity index (χ3v) is 3.68. The average molecular weight is 318 g/mol. The van der Waals surface area contributed by atoms with Gasteiger partial charge >= 0.3 is 0 Å². The van der Waals surface area contributed by atoms with Gasteiger partial charge in [0.25, 0.3) is 0 Å². The Hall–Kier alpha value is -2.18. The highest BCUT2D eigenvalue weighted by molar-refractivity contribution is 5.91. The molecule has 0 radical (unpaired) electrons. The van der Waals surface area contributed by atoms with E-state index in [9.17, 15) is 0 Å². The maximum absolute atomic E-state index is 5.40. The Kier molecular flexibility index (Phi) is 4.22. The number of aromatic amines is 1. The topological polar surface area (TPSA) is 66.9 Å². The van der Waals surface area contributed by atoms with Gasteiger partial charge < -0.3 is 9.64 Å². The van der Waals surface area contributed by atoms with Crippen LogP contribution in [0, 0.1) is 0 Å². The molecule has 4 rings (SSSR count). The number of halogens is 1. The third kappa shape index (κ3) is 2.63. The zero-order chi connectivity index (χ0) is 14.1. The molecule has 0 saturated carbocycles. The predicted octanol–water partition coefficient (Wildman–Crippen LogP) is 2.28. The number of nitrogens with zero attached hydrogens (tertiary/aromatic N) is 4. The molecule has 6 nitrogen and oxygen atoms in total. The highest BCUT2D eigenvalue weighted by atomic mass is 35.5. The Labute approximate surface area is 133 Å². The molecule has 0 aromatic carbocycles. The molecule has 4 heterocycles. The lowest BCUT2D eigenvalue weighted by Crippen LogP contribution is -2.36. The summed E-state index contributed by atoms with van der Waals surface area (Å²) in [6, 6.07) is 8.04. The van der Waals surface area contributed by atoms with Crippen molar-refractivity contribution in [3.8, 4) is 11.4 Å². The number of ether oxygens (including phenoxy) is 1. The van der Waals surface area contributed by atoms with E-state index in [0.717, 1.165) is 54.4 Å². The molecule has 0 spiro atoms. The van der Waals surface area contributed by atoms with Gasteiger partial charge in [0.2, 0.25) is 0 Å². The highest BCUT2D eigenvalue weighted by Gasteiger charge is 2.14. The van der Waals surface area contributed by atoms with Crippen LogP contribution in [0.4, 0.5) is 5.82 Å². The zero-order valence-electron chi connectivity index (χ0n) is 11.9. The second kappa shape index (κ2) is 6.29. The van der Waals surface area contributed by atoms with Gasteiger partial charge in [-0.1, -0.05) is 0 Å². The van der Waals surface area contributed by atoms with Gasteiger partial charge in [-0.05, 0) is 24.3 Å². The lowest BCUT2D eigenvalue weighted by atomic mass is 10.1. The van der Waals surface area contributed by atoms with Crippen molar-refractivity contribution in [2.75, 3.05) is 31.2 Å². The van der Waals surface area contributed by atoms with Crippen molar-refractivity contribution in [3.63, 3.8) is 0 Å². The second-order valence-corrected chi connectivity index (χ2v) is 4.97. The number of H-pyrrole nitrogens is 1. The molecule has 1 aliphatic heterocycles. The summed E-state index contributed by atoms with van der Waals surface area (Å²) >= 11 is 0. The molecule has 0 atom stereocenters. The van der Waals surface area contributed by atoms with Crippen molar-refractivity contribution in [1.29, 1.82) is 0 Å². The van der Waals surface area contributed by atoms with Crippen LogP contribution in [-0.4, -0.2) is 46.5 Å². The van der Waals surface area contributed by atoms with Crippen molar-refractivity contribution in [1.82, 2.24) is 20.2 Å². The lowest BCUT2D eigenvalue weighted by Gasteiger charge is -2.28. The number of anilines is 1. The number of rotatable bonds is 2.